The molecule has 0 saturated carbocycles. The molecule has 0 unspecified atom stereocenters. The lowest BCUT2D eigenvalue weighted by Gasteiger charge is -2.23. The van der Waals surface area contributed by atoms with Gasteiger partial charge in [0.05, 0.1) is 17.7 Å². The van der Waals surface area contributed by atoms with E-state index in [2.05, 4.69) is 45.1 Å². The van der Waals surface area contributed by atoms with Gasteiger partial charge in [-0.1, -0.05) is 0 Å². The predicted molar refractivity (Wildman–Crippen MR) is 86.9 cm³/mol. The molecule has 0 aliphatic carbocycles. The molecule has 0 amide bonds. The molecule has 5 heteroatoms. The highest BCUT2D eigenvalue weighted by Gasteiger charge is 2.17. The quantitative estimate of drug-likeness (QED) is 0.895. The lowest BCUT2D eigenvalue weighted by Crippen LogP contribution is -2.32. The molecule has 3 nitrogen and oxygen atoms in total. The van der Waals surface area contributed by atoms with Crippen molar-refractivity contribution < 1.29 is 9.47 Å². The highest BCUT2D eigenvalue weighted by Crippen LogP contribution is 2.38. The summed E-state index contributed by atoms with van der Waals surface area (Å²) in [5.74, 6) is 4.28. The Morgan fingerprint density at radius 2 is 2.00 bits per heavy atom. The van der Waals surface area contributed by atoms with Crippen LogP contribution in [0.3, 0.4) is 0 Å². The Balaban J connectivity index is 1.67. The average Bonchev–Trinajstić information content (AvgIpc) is 2.72. The molecular formula is C15H20BrNO2S. The zero-order valence-corrected chi connectivity index (χ0v) is 13.9. The van der Waals surface area contributed by atoms with E-state index in [1.807, 2.05) is 0 Å². The van der Waals surface area contributed by atoms with Crippen molar-refractivity contribution >= 4 is 27.7 Å². The normalized spacial score (nSPS) is 19.6. The van der Waals surface area contributed by atoms with Crippen LogP contribution in [0, 0.1) is 0 Å². The van der Waals surface area contributed by atoms with E-state index in [0.717, 1.165) is 42.2 Å². The molecule has 1 aromatic rings. The van der Waals surface area contributed by atoms with Crippen LogP contribution in [0.1, 0.15) is 24.8 Å². The number of hydrogen-bond donors (Lipinski definition) is 1. The third kappa shape index (κ3) is 3.62. The van der Waals surface area contributed by atoms with Gasteiger partial charge >= 0.3 is 0 Å². The first-order valence-electron chi connectivity index (χ1n) is 7.22. The van der Waals surface area contributed by atoms with E-state index < -0.39 is 0 Å². The van der Waals surface area contributed by atoms with Crippen molar-refractivity contribution in [3.05, 3.63) is 22.2 Å². The van der Waals surface area contributed by atoms with Crippen molar-refractivity contribution in [2.75, 3.05) is 24.7 Å². The van der Waals surface area contributed by atoms with Crippen molar-refractivity contribution in [1.82, 2.24) is 5.32 Å². The minimum absolute atomic E-state index is 0.658. The van der Waals surface area contributed by atoms with Crippen LogP contribution in [-0.4, -0.2) is 30.8 Å². The molecular weight excluding hydrogens is 338 g/mol. The van der Waals surface area contributed by atoms with Gasteiger partial charge in [0.25, 0.3) is 0 Å². The Labute approximate surface area is 132 Å². The second kappa shape index (κ2) is 7.05. The van der Waals surface area contributed by atoms with Crippen LogP contribution in [0.25, 0.3) is 0 Å². The van der Waals surface area contributed by atoms with Gasteiger partial charge in [-0.15, -0.1) is 0 Å². The monoisotopic (exact) mass is 357 g/mol. The Bertz CT molecular complexity index is 463. The third-order valence-electron chi connectivity index (χ3n) is 3.68. The van der Waals surface area contributed by atoms with Gasteiger partial charge < -0.3 is 14.8 Å². The molecule has 1 aromatic carbocycles. The van der Waals surface area contributed by atoms with Crippen molar-refractivity contribution in [2.24, 2.45) is 0 Å². The first-order valence-corrected chi connectivity index (χ1v) is 9.17. The van der Waals surface area contributed by atoms with Gasteiger partial charge in [-0.25, -0.2) is 0 Å². The van der Waals surface area contributed by atoms with E-state index >= 15 is 0 Å². The Morgan fingerprint density at radius 1 is 1.20 bits per heavy atom. The summed E-state index contributed by atoms with van der Waals surface area (Å²) < 4.78 is 12.5. The molecule has 110 valence electrons. The first kappa shape index (κ1) is 14.5. The Kier molecular flexibility index (Phi) is 5.13. The number of hydrogen-bond acceptors (Lipinski definition) is 4. The molecule has 2 heterocycles. The van der Waals surface area contributed by atoms with Crippen molar-refractivity contribution in [2.45, 2.75) is 31.8 Å². The molecule has 0 radical (unpaired) electrons. The third-order valence-corrected chi connectivity index (χ3v) is 5.32. The maximum Gasteiger partial charge on any atom is 0.175 e. The van der Waals surface area contributed by atoms with Crippen LogP contribution in [0.2, 0.25) is 0 Å². The minimum Gasteiger partial charge on any atom is -0.490 e. The van der Waals surface area contributed by atoms with Crippen LogP contribution >= 0.6 is 27.7 Å². The fourth-order valence-electron chi connectivity index (χ4n) is 2.55. The van der Waals surface area contributed by atoms with E-state index in [-0.39, 0.29) is 0 Å². The zero-order chi connectivity index (χ0) is 13.8. The van der Waals surface area contributed by atoms with E-state index in [1.165, 1.54) is 29.9 Å². The van der Waals surface area contributed by atoms with E-state index in [0.29, 0.717) is 6.04 Å². The Hall–Kier alpha value is -0.390. The standard InChI is InChI=1S/C15H20BrNO2S/c16-13-8-11(10-17-12-2-6-20-7-3-12)9-14-15(13)19-5-1-4-18-14/h8-9,12,17H,1-7,10H2. The maximum absolute atomic E-state index is 5.78. The second-order valence-corrected chi connectivity index (χ2v) is 7.30. The number of fused-ring (bicyclic) bond motifs is 1. The summed E-state index contributed by atoms with van der Waals surface area (Å²) in [7, 11) is 0. The lowest BCUT2D eigenvalue weighted by atomic mass is 10.1. The largest absolute Gasteiger partial charge is 0.490 e. The number of benzene rings is 1. The molecule has 2 aliphatic heterocycles. The van der Waals surface area contributed by atoms with Gasteiger partial charge in [0.1, 0.15) is 0 Å². The van der Waals surface area contributed by atoms with Crippen molar-refractivity contribution in [3.8, 4) is 11.5 Å². The smallest absolute Gasteiger partial charge is 0.175 e. The summed E-state index contributed by atoms with van der Waals surface area (Å²) in [5.41, 5.74) is 1.25. The summed E-state index contributed by atoms with van der Waals surface area (Å²) in [6, 6.07) is 4.90. The molecule has 0 aromatic heterocycles. The van der Waals surface area contributed by atoms with E-state index in [4.69, 9.17) is 9.47 Å². The number of thioether (sulfide) groups is 1. The summed E-state index contributed by atoms with van der Waals surface area (Å²) in [6.07, 6.45) is 3.49. The highest BCUT2D eigenvalue weighted by molar-refractivity contribution is 9.10. The van der Waals surface area contributed by atoms with Crippen LogP contribution in [0.5, 0.6) is 11.5 Å². The van der Waals surface area contributed by atoms with Crippen molar-refractivity contribution in [1.29, 1.82) is 0 Å². The molecule has 20 heavy (non-hydrogen) atoms. The number of nitrogens with one attached hydrogen (secondary N) is 1. The fraction of sp³-hybridized carbons (Fsp3) is 0.600. The second-order valence-electron chi connectivity index (χ2n) is 5.22. The highest BCUT2D eigenvalue weighted by atomic mass is 79.9. The van der Waals surface area contributed by atoms with Crippen LogP contribution in [-0.2, 0) is 6.54 Å². The van der Waals surface area contributed by atoms with E-state index in [1.54, 1.807) is 0 Å². The zero-order valence-electron chi connectivity index (χ0n) is 11.5. The van der Waals surface area contributed by atoms with Crippen LogP contribution in [0.15, 0.2) is 16.6 Å². The molecule has 0 spiro atoms. The van der Waals surface area contributed by atoms with Gasteiger partial charge in [-0.2, -0.15) is 11.8 Å². The molecule has 1 saturated heterocycles. The molecule has 3 rings (SSSR count). The van der Waals surface area contributed by atoms with Gasteiger partial charge in [0.15, 0.2) is 11.5 Å². The molecule has 1 N–H and O–H groups in total. The topological polar surface area (TPSA) is 30.5 Å². The maximum atomic E-state index is 5.78. The molecule has 0 bridgehead atoms. The molecule has 2 aliphatic rings. The number of ether oxygens (including phenoxy) is 2. The van der Waals surface area contributed by atoms with Gasteiger partial charge in [-0.3, -0.25) is 0 Å². The van der Waals surface area contributed by atoms with Gasteiger partial charge in [0, 0.05) is 19.0 Å². The summed E-state index contributed by atoms with van der Waals surface area (Å²) >= 11 is 5.66. The fourth-order valence-corrected chi connectivity index (χ4v) is 4.26. The predicted octanol–water partition coefficient (Wildman–Crippen LogP) is 3.60. The molecule has 0 atom stereocenters. The van der Waals surface area contributed by atoms with Crippen molar-refractivity contribution in [3.63, 3.8) is 0 Å². The summed E-state index contributed by atoms with van der Waals surface area (Å²) in [5, 5.41) is 3.66. The van der Waals surface area contributed by atoms with Gasteiger partial charge in [0.2, 0.25) is 0 Å². The van der Waals surface area contributed by atoms with Crippen LogP contribution < -0.4 is 14.8 Å². The Morgan fingerprint density at radius 3 is 2.85 bits per heavy atom. The van der Waals surface area contributed by atoms with E-state index in [9.17, 15) is 0 Å². The number of rotatable bonds is 3. The van der Waals surface area contributed by atoms with Gasteiger partial charge in [-0.05, 0) is 58.0 Å². The summed E-state index contributed by atoms with van der Waals surface area (Å²) in [4.78, 5) is 0. The first-order chi connectivity index (χ1) is 9.83. The average molecular weight is 358 g/mol. The summed E-state index contributed by atoms with van der Waals surface area (Å²) in [6.45, 7) is 2.35. The minimum atomic E-state index is 0.658. The SMILES string of the molecule is Brc1cc(CNC2CCSCC2)cc2c1OCCCO2. The molecule has 1 fully saturated rings. The lowest BCUT2D eigenvalue weighted by molar-refractivity contribution is 0.296. The number of halogens is 1. The van der Waals surface area contributed by atoms with Crippen LogP contribution in [0.4, 0.5) is 0 Å².